The summed E-state index contributed by atoms with van der Waals surface area (Å²) in [4.78, 5) is 15.2. The van der Waals surface area contributed by atoms with Crippen molar-refractivity contribution in [2.45, 2.75) is 31.9 Å². The molecule has 2 aliphatic heterocycles. The van der Waals surface area contributed by atoms with Crippen molar-refractivity contribution in [1.29, 1.82) is 0 Å². The number of phenols is 1. The highest BCUT2D eigenvalue weighted by molar-refractivity contribution is 6.00. The minimum atomic E-state index is -0.323. The Balaban J connectivity index is 1.60. The van der Waals surface area contributed by atoms with Gasteiger partial charge in [-0.15, -0.1) is 0 Å². The van der Waals surface area contributed by atoms with Crippen LogP contribution < -0.4 is 4.74 Å². The second kappa shape index (κ2) is 8.07. The summed E-state index contributed by atoms with van der Waals surface area (Å²) < 4.78 is 11.4. The zero-order valence-corrected chi connectivity index (χ0v) is 17.4. The molecule has 31 heavy (non-hydrogen) atoms. The molecule has 5 rings (SSSR count). The molecule has 1 aromatic heterocycles. The Labute approximate surface area is 180 Å². The number of aromatic amines is 1. The van der Waals surface area contributed by atoms with Gasteiger partial charge in [-0.05, 0) is 49.6 Å². The molecule has 0 unspecified atom stereocenters. The molecule has 2 aromatic carbocycles. The Morgan fingerprint density at radius 3 is 2.74 bits per heavy atom. The number of nitrogens with one attached hydrogen (secondary N) is 1. The number of benzene rings is 2. The normalized spacial score (nSPS) is 20.3. The Morgan fingerprint density at radius 1 is 1.23 bits per heavy atom. The Hall–Kier alpha value is -3.32. The van der Waals surface area contributed by atoms with Gasteiger partial charge in [0.25, 0.3) is 5.91 Å². The number of hydrogen-bond acceptors (Lipinski definition) is 5. The van der Waals surface area contributed by atoms with E-state index >= 15 is 0 Å². The third-order valence-corrected chi connectivity index (χ3v) is 5.95. The molecule has 2 atom stereocenters. The van der Waals surface area contributed by atoms with E-state index < -0.39 is 0 Å². The Kier molecular flexibility index (Phi) is 5.11. The van der Waals surface area contributed by atoms with Gasteiger partial charge in [0, 0.05) is 24.3 Å². The van der Waals surface area contributed by atoms with Crippen molar-refractivity contribution in [3.63, 3.8) is 0 Å². The van der Waals surface area contributed by atoms with E-state index in [0.29, 0.717) is 30.1 Å². The molecule has 0 spiro atoms. The monoisotopic (exact) mass is 419 g/mol. The topological polar surface area (TPSA) is 87.7 Å². The lowest BCUT2D eigenvalue weighted by atomic mass is 9.95. The van der Waals surface area contributed by atoms with Gasteiger partial charge in [0.1, 0.15) is 22.9 Å². The SMILES string of the molecule is CCOc1ccc([C@H]2c3c(-c4ccccc4O)n[nH]c3C(=O)N2C[C@@H]2CCCO2)cc1. The second-order valence-corrected chi connectivity index (χ2v) is 7.88. The van der Waals surface area contributed by atoms with Crippen molar-refractivity contribution in [3.05, 3.63) is 65.4 Å². The first-order chi connectivity index (χ1) is 15.2. The minimum absolute atomic E-state index is 0.0275. The average molecular weight is 419 g/mol. The predicted octanol–water partition coefficient (Wildman–Crippen LogP) is 3.91. The van der Waals surface area contributed by atoms with E-state index in [4.69, 9.17) is 9.47 Å². The molecule has 3 heterocycles. The molecule has 0 saturated carbocycles. The number of phenolic OH excluding ortho intramolecular Hbond substituents is 1. The maximum atomic E-state index is 13.4. The molecule has 2 N–H and O–H groups in total. The van der Waals surface area contributed by atoms with E-state index in [9.17, 15) is 9.90 Å². The van der Waals surface area contributed by atoms with Crippen LogP contribution >= 0.6 is 0 Å². The van der Waals surface area contributed by atoms with E-state index in [1.165, 1.54) is 0 Å². The van der Waals surface area contributed by atoms with Crippen molar-refractivity contribution in [1.82, 2.24) is 15.1 Å². The van der Waals surface area contributed by atoms with Crippen LogP contribution in [-0.2, 0) is 4.74 Å². The second-order valence-electron chi connectivity index (χ2n) is 7.88. The van der Waals surface area contributed by atoms with Crippen LogP contribution in [0.3, 0.4) is 0 Å². The van der Waals surface area contributed by atoms with Crippen LogP contribution in [0.25, 0.3) is 11.3 Å². The number of aromatic nitrogens is 2. The van der Waals surface area contributed by atoms with Crippen LogP contribution in [0.15, 0.2) is 48.5 Å². The zero-order chi connectivity index (χ0) is 21.4. The lowest BCUT2D eigenvalue weighted by molar-refractivity contribution is 0.0495. The third kappa shape index (κ3) is 3.45. The molecule has 0 bridgehead atoms. The summed E-state index contributed by atoms with van der Waals surface area (Å²) in [5, 5.41) is 17.8. The Morgan fingerprint density at radius 2 is 2.03 bits per heavy atom. The molecule has 160 valence electrons. The summed E-state index contributed by atoms with van der Waals surface area (Å²) >= 11 is 0. The van der Waals surface area contributed by atoms with Gasteiger partial charge in [-0.1, -0.05) is 24.3 Å². The molecule has 0 aliphatic carbocycles. The quantitative estimate of drug-likeness (QED) is 0.633. The predicted molar refractivity (Wildman–Crippen MR) is 115 cm³/mol. The van der Waals surface area contributed by atoms with Gasteiger partial charge in [-0.2, -0.15) is 5.10 Å². The molecule has 1 saturated heterocycles. The first kappa shape index (κ1) is 19.6. The van der Waals surface area contributed by atoms with Crippen molar-refractivity contribution in [2.24, 2.45) is 0 Å². The van der Waals surface area contributed by atoms with E-state index in [1.807, 2.05) is 48.2 Å². The van der Waals surface area contributed by atoms with Crippen molar-refractivity contribution >= 4 is 5.91 Å². The molecule has 3 aromatic rings. The fraction of sp³-hybridized carbons (Fsp3) is 0.333. The molecule has 7 heteroatoms. The van der Waals surface area contributed by atoms with Gasteiger partial charge in [0.05, 0.1) is 18.8 Å². The van der Waals surface area contributed by atoms with E-state index in [2.05, 4.69) is 10.2 Å². The smallest absolute Gasteiger partial charge is 0.273 e. The molecule has 0 radical (unpaired) electrons. The van der Waals surface area contributed by atoms with Crippen LogP contribution in [0.5, 0.6) is 11.5 Å². The molecular weight excluding hydrogens is 394 g/mol. The number of rotatable bonds is 6. The number of aromatic hydroxyl groups is 1. The first-order valence-corrected chi connectivity index (χ1v) is 10.7. The third-order valence-electron chi connectivity index (χ3n) is 5.95. The zero-order valence-electron chi connectivity index (χ0n) is 17.4. The summed E-state index contributed by atoms with van der Waals surface area (Å²) in [6, 6.07) is 14.6. The molecule has 1 amide bonds. The summed E-state index contributed by atoms with van der Waals surface area (Å²) in [5.41, 5.74) is 3.41. The van der Waals surface area contributed by atoms with Crippen LogP contribution in [0.2, 0.25) is 0 Å². The van der Waals surface area contributed by atoms with Gasteiger partial charge in [-0.25, -0.2) is 0 Å². The van der Waals surface area contributed by atoms with E-state index in [1.54, 1.807) is 12.1 Å². The maximum Gasteiger partial charge on any atom is 0.273 e. The van der Waals surface area contributed by atoms with Gasteiger partial charge in [0.2, 0.25) is 0 Å². The average Bonchev–Trinajstić information content (AvgIpc) is 3.50. The summed E-state index contributed by atoms with van der Waals surface area (Å²) in [6.45, 7) is 3.79. The number of carbonyl (C=O) groups excluding carboxylic acids is 1. The highest BCUT2D eigenvalue weighted by Gasteiger charge is 2.43. The van der Waals surface area contributed by atoms with E-state index in [0.717, 1.165) is 36.3 Å². The summed E-state index contributed by atoms with van der Waals surface area (Å²) in [7, 11) is 0. The molecule has 2 aliphatic rings. The summed E-state index contributed by atoms with van der Waals surface area (Å²) in [6.07, 6.45) is 1.98. The highest BCUT2D eigenvalue weighted by Crippen LogP contribution is 2.45. The maximum absolute atomic E-state index is 13.4. The van der Waals surface area contributed by atoms with Crippen molar-refractivity contribution in [3.8, 4) is 22.8 Å². The number of carbonyl (C=O) groups is 1. The number of amides is 1. The summed E-state index contributed by atoms with van der Waals surface area (Å²) in [5.74, 6) is 0.820. The fourth-order valence-corrected chi connectivity index (χ4v) is 4.53. The molecule has 7 nitrogen and oxygen atoms in total. The van der Waals surface area contributed by atoms with Crippen LogP contribution in [0.4, 0.5) is 0 Å². The number of H-pyrrole nitrogens is 1. The van der Waals surface area contributed by atoms with E-state index in [-0.39, 0.29) is 23.8 Å². The standard InChI is InChI=1S/C24H25N3O4/c1-2-30-16-11-9-15(10-12-16)23-20-21(18-7-3-4-8-19(18)28)25-26-22(20)24(29)27(23)14-17-6-5-13-31-17/h3-4,7-12,17,23,28H,2,5-6,13-14H2,1H3,(H,25,26)/t17-,23-/m0/s1. The van der Waals surface area contributed by atoms with Gasteiger partial charge in [0.15, 0.2) is 0 Å². The molecule has 1 fully saturated rings. The van der Waals surface area contributed by atoms with Crippen LogP contribution in [-0.4, -0.2) is 52.0 Å². The largest absolute Gasteiger partial charge is 0.507 e. The number of para-hydroxylation sites is 1. The highest BCUT2D eigenvalue weighted by atomic mass is 16.5. The number of fused-ring (bicyclic) bond motifs is 1. The van der Waals surface area contributed by atoms with Crippen molar-refractivity contribution in [2.75, 3.05) is 19.8 Å². The van der Waals surface area contributed by atoms with Crippen molar-refractivity contribution < 1.29 is 19.4 Å². The number of hydrogen-bond donors (Lipinski definition) is 2. The van der Waals surface area contributed by atoms with Gasteiger partial charge in [-0.3, -0.25) is 9.89 Å². The van der Waals surface area contributed by atoms with Gasteiger partial charge < -0.3 is 19.5 Å². The van der Waals surface area contributed by atoms with Crippen LogP contribution in [0, 0.1) is 0 Å². The molecular formula is C24H25N3O4. The lowest BCUT2D eigenvalue weighted by Gasteiger charge is -2.28. The number of nitrogens with zero attached hydrogens (tertiary/aromatic N) is 2. The van der Waals surface area contributed by atoms with Gasteiger partial charge >= 0.3 is 0 Å². The lowest BCUT2D eigenvalue weighted by Crippen LogP contribution is -2.36. The van der Waals surface area contributed by atoms with Crippen LogP contribution in [0.1, 0.15) is 47.4 Å². The minimum Gasteiger partial charge on any atom is -0.507 e. The number of ether oxygens (including phenoxy) is 2. The fourth-order valence-electron chi connectivity index (χ4n) is 4.53. The Bertz CT molecular complexity index is 1090. The first-order valence-electron chi connectivity index (χ1n) is 10.7.